The van der Waals surface area contributed by atoms with Gasteiger partial charge in [-0.2, -0.15) is 0 Å². The van der Waals surface area contributed by atoms with Gasteiger partial charge in [-0.15, -0.1) is 0 Å². The number of halogens is 3. The SMILES string of the molecule is O=[N+]([O-])c1ccc(-c2c(Cl)nc(Cl)nc2Cl)cc1. The minimum atomic E-state index is -0.495. The Labute approximate surface area is 116 Å². The zero-order valence-corrected chi connectivity index (χ0v) is 10.9. The number of non-ortho nitro benzene ring substituents is 1. The van der Waals surface area contributed by atoms with Crippen LogP contribution in [-0.4, -0.2) is 14.9 Å². The Hall–Kier alpha value is -1.43. The van der Waals surface area contributed by atoms with Crippen LogP contribution in [0.15, 0.2) is 24.3 Å². The molecule has 0 amide bonds. The molecule has 0 radical (unpaired) electrons. The van der Waals surface area contributed by atoms with Crippen molar-refractivity contribution < 1.29 is 4.92 Å². The Kier molecular flexibility index (Phi) is 3.65. The van der Waals surface area contributed by atoms with Crippen LogP contribution in [-0.2, 0) is 0 Å². The molecular weight excluding hydrogens is 300 g/mol. The Morgan fingerprint density at radius 1 is 1.00 bits per heavy atom. The van der Waals surface area contributed by atoms with Crippen LogP contribution < -0.4 is 0 Å². The molecule has 0 bridgehead atoms. The van der Waals surface area contributed by atoms with Crippen LogP contribution in [0.4, 0.5) is 5.69 Å². The molecule has 8 heteroatoms. The number of rotatable bonds is 2. The normalized spacial score (nSPS) is 10.4. The summed E-state index contributed by atoms with van der Waals surface area (Å²) in [6.45, 7) is 0. The molecule has 0 saturated carbocycles. The summed E-state index contributed by atoms with van der Waals surface area (Å²) in [5.74, 6) is 0. The van der Waals surface area contributed by atoms with Crippen LogP contribution >= 0.6 is 34.8 Å². The van der Waals surface area contributed by atoms with Crippen LogP contribution in [0.1, 0.15) is 0 Å². The Balaban J connectivity index is 2.52. The van der Waals surface area contributed by atoms with Crippen molar-refractivity contribution in [3.05, 3.63) is 50.0 Å². The summed E-state index contributed by atoms with van der Waals surface area (Å²) in [4.78, 5) is 17.6. The second-order valence-corrected chi connectivity index (χ2v) is 4.31. The molecule has 0 atom stereocenters. The predicted molar refractivity (Wildman–Crippen MR) is 69.2 cm³/mol. The molecule has 0 aliphatic carbocycles. The van der Waals surface area contributed by atoms with E-state index in [1.807, 2.05) is 0 Å². The van der Waals surface area contributed by atoms with Gasteiger partial charge in [0.2, 0.25) is 5.28 Å². The topological polar surface area (TPSA) is 68.9 Å². The molecule has 0 aliphatic heterocycles. The minimum Gasteiger partial charge on any atom is -0.258 e. The molecule has 1 heterocycles. The van der Waals surface area contributed by atoms with E-state index in [9.17, 15) is 10.1 Å². The number of benzene rings is 1. The highest BCUT2D eigenvalue weighted by atomic mass is 35.5. The number of nitrogens with zero attached hydrogens (tertiary/aromatic N) is 3. The first-order chi connectivity index (χ1) is 8.49. The summed E-state index contributed by atoms with van der Waals surface area (Å²) in [6, 6.07) is 5.72. The van der Waals surface area contributed by atoms with Crippen molar-refractivity contribution in [2.75, 3.05) is 0 Å². The highest BCUT2D eigenvalue weighted by molar-refractivity contribution is 6.39. The lowest BCUT2D eigenvalue weighted by Crippen LogP contribution is -1.92. The lowest BCUT2D eigenvalue weighted by atomic mass is 10.1. The van der Waals surface area contributed by atoms with Crippen LogP contribution in [0.2, 0.25) is 15.6 Å². The summed E-state index contributed by atoms with van der Waals surface area (Å²) >= 11 is 17.4. The Morgan fingerprint density at radius 3 is 1.94 bits per heavy atom. The largest absolute Gasteiger partial charge is 0.269 e. The third kappa shape index (κ3) is 2.53. The molecule has 0 aliphatic rings. The first-order valence-corrected chi connectivity index (χ1v) is 5.76. The minimum absolute atomic E-state index is 0.0270. The lowest BCUT2D eigenvalue weighted by molar-refractivity contribution is -0.384. The maximum absolute atomic E-state index is 10.5. The van der Waals surface area contributed by atoms with Gasteiger partial charge >= 0.3 is 0 Å². The Morgan fingerprint density at radius 2 is 1.50 bits per heavy atom. The monoisotopic (exact) mass is 303 g/mol. The van der Waals surface area contributed by atoms with E-state index < -0.39 is 4.92 Å². The number of hydrogen-bond donors (Lipinski definition) is 0. The van der Waals surface area contributed by atoms with E-state index in [-0.39, 0.29) is 21.3 Å². The zero-order chi connectivity index (χ0) is 13.3. The quantitative estimate of drug-likeness (QED) is 0.364. The van der Waals surface area contributed by atoms with Crippen LogP contribution in [0, 0.1) is 10.1 Å². The van der Waals surface area contributed by atoms with Crippen molar-refractivity contribution in [1.29, 1.82) is 0 Å². The van der Waals surface area contributed by atoms with E-state index in [1.165, 1.54) is 24.3 Å². The fourth-order valence-corrected chi connectivity index (χ4v) is 2.23. The van der Waals surface area contributed by atoms with E-state index in [2.05, 4.69) is 9.97 Å². The fraction of sp³-hybridized carbons (Fsp3) is 0. The van der Waals surface area contributed by atoms with Gasteiger partial charge in [0, 0.05) is 12.1 Å². The highest BCUT2D eigenvalue weighted by Gasteiger charge is 2.14. The maximum atomic E-state index is 10.5. The van der Waals surface area contributed by atoms with Gasteiger partial charge in [0.1, 0.15) is 10.3 Å². The van der Waals surface area contributed by atoms with Crippen molar-refractivity contribution in [2.24, 2.45) is 0 Å². The van der Waals surface area contributed by atoms with Gasteiger partial charge in [-0.1, -0.05) is 23.2 Å². The van der Waals surface area contributed by atoms with Crippen molar-refractivity contribution in [3.8, 4) is 11.1 Å². The average Bonchev–Trinajstić information content (AvgIpc) is 2.28. The molecule has 5 nitrogen and oxygen atoms in total. The lowest BCUT2D eigenvalue weighted by Gasteiger charge is -2.05. The number of nitro benzene ring substituents is 1. The molecule has 0 unspecified atom stereocenters. The maximum Gasteiger partial charge on any atom is 0.269 e. The van der Waals surface area contributed by atoms with Gasteiger partial charge in [-0.25, -0.2) is 9.97 Å². The molecule has 92 valence electrons. The third-order valence-electron chi connectivity index (χ3n) is 2.16. The first kappa shape index (κ1) is 13.0. The van der Waals surface area contributed by atoms with Crippen molar-refractivity contribution >= 4 is 40.5 Å². The molecule has 2 rings (SSSR count). The molecular formula is C10H4Cl3N3O2. The van der Waals surface area contributed by atoms with E-state index in [4.69, 9.17) is 34.8 Å². The van der Waals surface area contributed by atoms with E-state index in [0.29, 0.717) is 11.1 Å². The molecule has 1 aromatic carbocycles. The summed E-state index contributed by atoms with van der Waals surface area (Å²) in [7, 11) is 0. The summed E-state index contributed by atoms with van der Waals surface area (Å²) in [5.41, 5.74) is 0.936. The van der Waals surface area contributed by atoms with E-state index >= 15 is 0 Å². The van der Waals surface area contributed by atoms with E-state index in [0.717, 1.165) is 0 Å². The molecule has 1 aromatic heterocycles. The van der Waals surface area contributed by atoms with Gasteiger partial charge in [-0.05, 0) is 29.3 Å². The summed E-state index contributed by atoms with van der Waals surface area (Å²) in [5, 5.41) is 10.7. The number of aromatic nitrogens is 2. The summed E-state index contributed by atoms with van der Waals surface area (Å²) in [6.07, 6.45) is 0. The predicted octanol–water partition coefficient (Wildman–Crippen LogP) is 4.01. The van der Waals surface area contributed by atoms with Gasteiger partial charge in [0.05, 0.1) is 10.5 Å². The van der Waals surface area contributed by atoms with Crippen LogP contribution in [0.3, 0.4) is 0 Å². The van der Waals surface area contributed by atoms with Gasteiger partial charge < -0.3 is 0 Å². The van der Waals surface area contributed by atoms with E-state index in [1.54, 1.807) is 0 Å². The van der Waals surface area contributed by atoms with Gasteiger partial charge in [-0.3, -0.25) is 10.1 Å². The van der Waals surface area contributed by atoms with Crippen LogP contribution in [0.25, 0.3) is 11.1 Å². The average molecular weight is 305 g/mol. The van der Waals surface area contributed by atoms with Gasteiger partial charge in [0.15, 0.2) is 0 Å². The fourth-order valence-electron chi connectivity index (χ4n) is 1.37. The molecule has 0 fully saturated rings. The second-order valence-electron chi connectivity index (χ2n) is 3.25. The summed E-state index contributed by atoms with van der Waals surface area (Å²) < 4.78 is 0. The Bertz CT molecular complexity index is 593. The molecule has 0 N–H and O–H groups in total. The first-order valence-electron chi connectivity index (χ1n) is 4.62. The van der Waals surface area contributed by atoms with Crippen molar-refractivity contribution in [3.63, 3.8) is 0 Å². The molecule has 18 heavy (non-hydrogen) atoms. The molecule has 0 saturated heterocycles. The van der Waals surface area contributed by atoms with Crippen molar-refractivity contribution in [1.82, 2.24) is 9.97 Å². The smallest absolute Gasteiger partial charge is 0.258 e. The zero-order valence-electron chi connectivity index (χ0n) is 8.60. The molecule has 0 spiro atoms. The number of hydrogen-bond acceptors (Lipinski definition) is 4. The van der Waals surface area contributed by atoms with Gasteiger partial charge in [0.25, 0.3) is 5.69 Å². The second kappa shape index (κ2) is 5.06. The van der Waals surface area contributed by atoms with Crippen LogP contribution in [0.5, 0.6) is 0 Å². The molecule has 2 aromatic rings. The van der Waals surface area contributed by atoms with Crippen molar-refractivity contribution in [2.45, 2.75) is 0 Å². The number of nitro groups is 1. The standard InChI is InChI=1S/C10H4Cl3N3O2/c11-8-7(9(12)15-10(13)14-8)5-1-3-6(4-2-5)16(17)18/h1-4H. The third-order valence-corrected chi connectivity index (χ3v) is 2.88. The highest BCUT2D eigenvalue weighted by Crippen LogP contribution is 2.33.